The van der Waals surface area contributed by atoms with Gasteiger partial charge in [0.15, 0.2) is 6.61 Å². The highest BCUT2D eigenvalue weighted by Gasteiger charge is 2.13. The van der Waals surface area contributed by atoms with Crippen molar-refractivity contribution >= 4 is 29.2 Å². The molecule has 2 amide bonds. The van der Waals surface area contributed by atoms with Crippen LogP contribution in [0.15, 0.2) is 48.5 Å². The molecule has 0 fully saturated rings. The quantitative estimate of drug-likeness (QED) is 0.787. The molecule has 0 atom stereocenters. The molecule has 25 heavy (non-hydrogen) atoms. The Morgan fingerprint density at radius 2 is 1.64 bits per heavy atom. The van der Waals surface area contributed by atoms with Crippen molar-refractivity contribution in [1.82, 2.24) is 0 Å². The number of benzene rings is 2. The molecule has 0 aromatic heterocycles. The number of esters is 1. The molecule has 130 valence electrons. The van der Waals surface area contributed by atoms with E-state index in [1.165, 1.54) is 14.0 Å². The normalized spacial score (nSPS) is 9.84. The molecule has 2 N–H and O–H groups in total. The maximum Gasteiger partial charge on any atom is 0.339 e. The zero-order valence-corrected chi connectivity index (χ0v) is 13.9. The Morgan fingerprint density at radius 3 is 2.28 bits per heavy atom. The third kappa shape index (κ3) is 5.35. The van der Waals surface area contributed by atoms with E-state index in [1.807, 2.05) is 0 Å². The van der Waals surface area contributed by atoms with Gasteiger partial charge in [0.25, 0.3) is 5.91 Å². The van der Waals surface area contributed by atoms with Gasteiger partial charge in [-0.1, -0.05) is 12.1 Å². The molecule has 0 spiro atoms. The van der Waals surface area contributed by atoms with E-state index < -0.39 is 11.9 Å². The summed E-state index contributed by atoms with van der Waals surface area (Å²) in [4.78, 5) is 34.6. The number of amides is 2. The molecule has 0 aliphatic carbocycles. The van der Waals surface area contributed by atoms with Gasteiger partial charge >= 0.3 is 5.97 Å². The lowest BCUT2D eigenvalue weighted by molar-refractivity contribution is -0.118. The van der Waals surface area contributed by atoms with Gasteiger partial charge in [0.05, 0.1) is 18.4 Å². The first-order valence-electron chi connectivity index (χ1n) is 7.47. The van der Waals surface area contributed by atoms with Crippen LogP contribution in [0.5, 0.6) is 5.75 Å². The number of rotatable bonds is 6. The van der Waals surface area contributed by atoms with E-state index in [0.717, 1.165) is 0 Å². The van der Waals surface area contributed by atoms with Gasteiger partial charge in [-0.2, -0.15) is 0 Å². The molecule has 0 aliphatic heterocycles. The molecule has 0 heterocycles. The lowest BCUT2D eigenvalue weighted by Gasteiger charge is -2.11. The lowest BCUT2D eigenvalue weighted by Crippen LogP contribution is -2.21. The summed E-state index contributed by atoms with van der Waals surface area (Å²) in [5.74, 6) is -0.643. The van der Waals surface area contributed by atoms with E-state index in [4.69, 9.17) is 4.74 Å². The van der Waals surface area contributed by atoms with Gasteiger partial charge < -0.3 is 20.1 Å². The summed E-state index contributed by atoms with van der Waals surface area (Å²) in [5, 5.41) is 5.25. The van der Waals surface area contributed by atoms with Crippen LogP contribution in [0.3, 0.4) is 0 Å². The molecular weight excluding hydrogens is 324 g/mol. The molecule has 2 aromatic rings. The topological polar surface area (TPSA) is 93.7 Å². The van der Waals surface area contributed by atoms with E-state index in [9.17, 15) is 14.4 Å². The van der Waals surface area contributed by atoms with Crippen molar-refractivity contribution in [3.05, 3.63) is 54.1 Å². The lowest BCUT2D eigenvalue weighted by atomic mass is 10.2. The Balaban J connectivity index is 1.93. The zero-order valence-electron chi connectivity index (χ0n) is 13.9. The van der Waals surface area contributed by atoms with E-state index in [1.54, 1.807) is 48.5 Å². The molecule has 2 aromatic carbocycles. The van der Waals surface area contributed by atoms with Crippen molar-refractivity contribution in [3.63, 3.8) is 0 Å². The summed E-state index contributed by atoms with van der Waals surface area (Å²) >= 11 is 0. The Hall–Kier alpha value is -3.35. The van der Waals surface area contributed by atoms with E-state index in [-0.39, 0.29) is 18.1 Å². The second-order valence-electron chi connectivity index (χ2n) is 5.08. The molecule has 0 saturated carbocycles. The largest absolute Gasteiger partial charge is 0.484 e. The Morgan fingerprint density at radius 1 is 0.960 bits per heavy atom. The van der Waals surface area contributed by atoms with Crippen LogP contribution in [0.4, 0.5) is 11.4 Å². The number of carbonyl (C=O) groups excluding carboxylic acids is 3. The highest BCUT2D eigenvalue weighted by atomic mass is 16.5. The van der Waals surface area contributed by atoms with Crippen molar-refractivity contribution in [1.29, 1.82) is 0 Å². The second-order valence-corrected chi connectivity index (χ2v) is 5.08. The molecule has 0 aliphatic rings. The zero-order chi connectivity index (χ0) is 18.2. The first-order valence-corrected chi connectivity index (χ1v) is 7.47. The van der Waals surface area contributed by atoms with Crippen LogP contribution in [-0.2, 0) is 14.3 Å². The molecule has 7 nitrogen and oxygen atoms in total. The minimum absolute atomic E-state index is 0.169. The molecule has 0 unspecified atom stereocenters. The van der Waals surface area contributed by atoms with Crippen molar-refractivity contribution in [2.75, 3.05) is 24.4 Å². The number of nitrogens with one attached hydrogen (secondary N) is 2. The number of methoxy groups -OCH3 is 1. The highest BCUT2D eigenvalue weighted by molar-refractivity contribution is 6.01. The van der Waals surface area contributed by atoms with E-state index in [2.05, 4.69) is 15.4 Å². The number of ether oxygens (including phenoxy) is 2. The van der Waals surface area contributed by atoms with Crippen LogP contribution in [-0.4, -0.2) is 31.5 Å². The third-order valence-corrected chi connectivity index (χ3v) is 3.15. The summed E-state index contributed by atoms with van der Waals surface area (Å²) in [5.41, 5.74) is 1.25. The van der Waals surface area contributed by atoms with Crippen LogP contribution in [0, 0.1) is 0 Å². The molecular formula is C18H18N2O5. The molecule has 7 heteroatoms. The van der Waals surface area contributed by atoms with Crippen LogP contribution in [0.25, 0.3) is 0 Å². The van der Waals surface area contributed by atoms with Gasteiger partial charge in [0.2, 0.25) is 5.91 Å². The minimum Gasteiger partial charge on any atom is -0.484 e. The average molecular weight is 342 g/mol. The van der Waals surface area contributed by atoms with Crippen LogP contribution in [0.2, 0.25) is 0 Å². The summed E-state index contributed by atoms with van der Waals surface area (Å²) in [7, 11) is 1.27. The minimum atomic E-state index is -0.537. The summed E-state index contributed by atoms with van der Waals surface area (Å²) in [6.07, 6.45) is 0. The van der Waals surface area contributed by atoms with Gasteiger partial charge in [-0.05, 0) is 36.4 Å². The SMILES string of the molecule is COC(=O)c1ccccc1NC(=O)COc1ccc(NC(C)=O)cc1. The standard InChI is InChI=1S/C18H18N2O5/c1-12(21)19-13-7-9-14(10-8-13)25-11-17(22)20-16-6-4-3-5-15(16)18(23)24-2/h3-10H,11H2,1-2H3,(H,19,21)(H,20,22). The van der Waals surface area contributed by atoms with Crippen molar-refractivity contribution in [3.8, 4) is 5.75 Å². The van der Waals surface area contributed by atoms with E-state index in [0.29, 0.717) is 17.1 Å². The fourth-order valence-corrected chi connectivity index (χ4v) is 2.05. The van der Waals surface area contributed by atoms with Crippen molar-refractivity contribution in [2.45, 2.75) is 6.92 Å². The first-order chi connectivity index (χ1) is 12.0. The maximum atomic E-state index is 12.0. The predicted molar refractivity (Wildman–Crippen MR) is 92.7 cm³/mol. The number of hydrogen-bond donors (Lipinski definition) is 2. The highest BCUT2D eigenvalue weighted by Crippen LogP contribution is 2.17. The van der Waals surface area contributed by atoms with Crippen molar-refractivity contribution < 1.29 is 23.9 Å². The van der Waals surface area contributed by atoms with Gasteiger partial charge in [-0.3, -0.25) is 9.59 Å². The van der Waals surface area contributed by atoms with Crippen molar-refractivity contribution in [2.24, 2.45) is 0 Å². The fourth-order valence-electron chi connectivity index (χ4n) is 2.05. The third-order valence-electron chi connectivity index (χ3n) is 3.15. The summed E-state index contributed by atoms with van der Waals surface area (Å²) in [6, 6.07) is 13.2. The smallest absolute Gasteiger partial charge is 0.339 e. The molecule has 0 bridgehead atoms. The van der Waals surface area contributed by atoms with Crippen LogP contribution >= 0.6 is 0 Å². The second kappa shape index (κ2) is 8.49. The average Bonchev–Trinajstić information content (AvgIpc) is 2.60. The van der Waals surface area contributed by atoms with E-state index >= 15 is 0 Å². The van der Waals surface area contributed by atoms with Gasteiger partial charge in [-0.25, -0.2) is 4.79 Å². The Kier molecular flexibility index (Phi) is 6.11. The van der Waals surface area contributed by atoms with Gasteiger partial charge in [0, 0.05) is 12.6 Å². The predicted octanol–water partition coefficient (Wildman–Crippen LogP) is 2.45. The Bertz CT molecular complexity index is 771. The summed E-state index contributed by atoms with van der Waals surface area (Å²) in [6.45, 7) is 1.19. The number of hydrogen-bond acceptors (Lipinski definition) is 5. The number of para-hydroxylation sites is 1. The first kappa shape index (κ1) is 18.0. The maximum absolute atomic E-state index is 12.0. The molecule has 0 radical (unpaired) electrons. The fraction of sp³-hybridized carbons (Fsp3) is 0.167. The monoisotopic (exact) mass is 342 g/mol. The molecule has 2 rings (SSSR count). The number of anilines is 2. The summed E-state index contributed by atoms with van der Waals surface area (Å²) < 4.78 is 10.1. The Labute approximate surface area is 144 Å². The molecule has 0 saturated heterocycles. The van der Waals surface area contributed by atoms with Crippen LogP contribution < -0.4 is 15.4 Å². The van der Waals surface area contributed by atoms with Crippen LogP contribution in [0.1, 0.15) is 17.3 Å². The van der Waals surface area contributed by atoms with Gasteiger partial charge in [0.1, 0.15) is 5.75 Å². The van der Waals surface area contributed by atoms with Gasteiger partial charge in [-0.15, -0.1) is 0 Å². The number of carbonyl (C=O) groups is 3.